The number of aromatic nitrogens is 2. The van der Waals surface area contributed by atoms with Crippen molar-refractivity contribution in [1.29, 1.82) is 0 Å². The Bertz CT molecular complexity index is 949. The maximum Gasteiger partial charge on any atom is 0.227 e. The molecule has 156 valence electrons. The monoisotopic (exact) mass is 434 g/mol. The van der Waals surface area contributed by atoms with Gasteiger partial charge in [-0.2, -0.15) is 0 Å². The highest BCUT2D eigenvalue weighted by Crippen LogP contribution is 2.27. The van der Waals surface area contributed by atoms with Gasteiger partial charge in [0, 0.05) is 41.0 Å². The molecule has 1 amide bonds. The Labute approximate surface area is 176 Å². The average Bonchev–Trinajstić information content (AvgIpc) is 2.69. The molecular weight excluding hydrogens is 408 g/mol. The molecule has 29 heavy (non-hydrogen) atoms. The van der Waals surface area contributed by atoms with Gasteiger partial charge >= 0.3 is 0 Å². The number of benzene rings is 1. The summed E-state index contributed by atoms with van der Waals surface area (Å²) in [5.41, 5.74) is 2.59. The SMILES string of the molecule is CCS(=O)(=O)N1CCC(C(=O)Nc2ccc(Sc3nc(C)cc(C)n3)cc2)CC1. The van der Waals surface area contributed by atoms with E-state index in [4.69, 9.17) is 0 Å². The number of amides is 1. The summed E-state index contributed by atoms with van der Waals surface area (Å²) < 4.78 is 25.4. The number of nitrogens with zero attached hydrogens (tertiary/aromatic N) is 3. The first-order chi connectivity index (χ1) is 13.8. The number of carbonyl (C=O) groups excluding carboxylic acids is 1. The van der Waals surface area contributed by atoms with Gasteiger partial charge in [-0.3, -0.25) is 4.79 Å². The van der Waals surface area contributed by atoms with Gasteiger partial charge in [0.05, 0.1) is 5.75 Å². The quantitative estimate of drug-likeness (QED) is 0.702. The molecule has 0 aliphatic carbocycles. The normalized spacial score (nSPS) is 16.0. The van der Waals surface area contributed by atoms with Crippen LogP contribution in [0.1, 0.15) is 31.2 Å². The Morgan fingerprint density at radius 3 is 2.28 bits per heavy atom. The summed E-state index contributed by atoms with van der Waals surface area (Å²) in [6.07, 6.45) is 1.09. The molecule has 1 aliphatic rings. The lowest BCUT2D eigenvalue weighted by Crippen LogP contribution is -2.42. The Balaban J connectivity index is 1.55. The van der Waals surface area contributed by atoms with Gasteiger partial charge in [0.2, 0.25) is 15.9 Å². The van der Waals surface area contributed by atoms with Gasteiger partial charge in [0.25, 0.3) is 0 Å². The first-order valence-corrected chi connectivity index (χ1v) is 12.1. The second kappa shape index (κ2) is 9.23. The highest BCUT2D eigenvalue weighted by atomic mass is 32.2. The average molecular weight is 435 g/mol. The molecular formula is C20H26N4O3S2. The zero-order valence-corrected chi connectivity index (χ0v) is 18.5. The Kier molecular flexibility index (Phi) is 6.92. The standard InChI is InChI=1S/C20H26N4O3S2/c1-4-29(26,27)24-11-9-16(10-12-24)19(25)23-17-5-7-18(8-6-17)28-20-21-14(2)13-15(3)22-20/h5-8,13,16H,4,9-12H2,1-3H3,(H,23,25). The van der Waals surface area contributed by atoms with E-state index in [1.807, 2.05) is 44.2 Å². The summed E-state index contributed by atoms with van der Waals surface area (Å²) in [6, 6.07) is 9.51. The van der Waals surface area contributed by atoms with E-state index in [-0.39, 0.29) is 17.6 Å². The van der Waals surface area contributed by atoms with E-state index in [1.165, 1.54) is 16.1 Å². The van der Waals surface area contributed by atoms with Crippen molar-refractivity contribution in [3.63, 3.8) is 0 Å². The number of nitrogens with one attached hydrogen (secondary N) is 1. The number of hydrogen-bond donors (Lipinski definition) is 1. The largest absolute Gasteiger partial charge is 0.326 e. The second-order valence-electron chi connectivity index (χ2n) is 7.12. The van der Waals surface area contributed by atoms with Gasteiger partial charge < -0.3 is 5.32 Å². The van der Waals surface area contributed by atoms with Crippen LogP contribution < -0.4 is 5.32 Å². The van der Waals surface area contributed by atoms with Gasteiger partial charge in [-0.15, -0.1) is 0 Å². The van der Waals surface area contributed by atoms with Gasteiger partial charge in [-0.1, -0.05) is 0 Å². The number of carbonyl (C=O) groups is 1. The van der Waals surface area contributed by atoms with Crippen molar-refractivity contribution in [2.45, 2.75) is 43.7 Å². The van der Waals surface area contributed by atoms with Crippen molar-refractivity contribution in [1.82, 2.24) is 14.3 Å². The van der Waals surface area contributed by atoms with E-state index >= 15 is 0 Å². The topological polar surface area (TPSA) is 92.3 Å². The summed E-state index contributed by atoms with van der Waals surface area (Å²) in [7, 11) is -3.18. The van der Waals surface area contributed by atoms with Gasteiger partial charge in [0.1, 0.15) is 0 Å². The van der Waals surface area contributed by atoms with E-state index in [2.05, 4.69) is 15.3 Å². The van der Waals surface area contributed by atoms with Crippen LogP contribution in [0.3, 0.4) is 0 Å². The van der Waals surface area contributed by atoms with Crippen LogP contribution >= 0.6 is 11.8 Å². The van der Waals surface area contributed by atoms with Crippen LogP contribution in [-0.4, -0.2) is 47.4 Å². The highest BCUT2D eigenvalue weighted by Gasteiger charge is 2.30. The molecule has 1 aliphatic heterocycles. The summed E-state index contributed by atoms with van der Waals surface area (Å²) in [6.45, 7) is 6.33. The molecule has 1 fully saturated rings. The van der Waals surface area contributed by atoms with Crippen LogP contribution in [0, 0.1) is 19.8 Å². The van der Waals surface area contributed by atoms with E-state index in [9.17, 15) is 13.2 Å². The van der Waals surface area contributed by atoms with E-state index in [0.717, 1.165) is 22.0 Å². The van der Waals surface area contributed by atoms with Gasteiger partial charge in [-0.05, 0) is 75.7 Å². The second-order valence-corrected chi connectivity index (χ2v) is 10.4. The lowest BCUT2D eigenvalue weighted by molar-refractivity contribution is -0.120. The third kappa shape index (κ3) is 5.77. The minimum absolute atomic E-state index is 0.0587. The Hall–Kier alpha value is -1.97. The maximum atomic E-state index is 12.5. The molecule has 9 heteroatoms. The Morgan fingerprint density at radius 2 is 1.72 bits per heavy atom. The predicted octanol–water partition coefficient (Wildman–Crippen LogP) is 3.24. The maximum absolute atomic E-state index is 12.5. The third-order valence-electron chi connectivity index (χ3n) is 4.88. The van der Waals surface area contributed by atoms with Crippen LogP contribution in [0.4, 0.5) is 5.69 Å². The molecule has 0 atom stereocenters. The molecule has 2 aromatic rings. The first kappa shape index (κ1) is 21.7. The van der Waals surface area contributed by atoms with Gasteiger partial charge in [0.15, 0.2) is 5.16 Å². The van der Waals surface area contributed by atoms with Crippen LogP contribution in [0.25, 0.3) is 0 Å². The molecule has 0 bridgehead atoms. The zero-order chi connectivity index (χ0) is 21.0. The fourth-order valence-electron chi connectivity index (χ4n) is 3.27. The molecule has 1 aromatic carbocycles. The molecule has 1 N–H and O–H groups in total. The number of piperidine rings is 1. The summed E-state index contributed by atoms with van der Waals surface area (Å²) in [5.74, 6) is -0.130. The van der Waals surface area contributed by atoms with Crippen molar-refractivity contribution in [2.75, 3.05) is 24.2 Å². The molecule has 0 unspecified atom stereocenters. The zero-order valence-electron chi connectivity index (χ0n) is 16.9. The molecule has 0 spiro atoms. The lowest BCUT2D eigenvalue weighted by Gasteiger charge is -2.30. The number of aryl methyl sites for hydroxylation is 2. The van der Waals surface area contributed by atoms with Crippen LogP contribution in [0.5, 0.6) is 0 Å². The summed E-state index contributed by atoms with van der Waals surface area (Å²) >= 11 is 1.48. The van der Waals surface area contributed by atoms with Crippen LogP contribution in [-0.2, 0) is 14.8 Å². The number of anilines is 1. The smallest absolute Gasteiger partial charge is 0.227 e. The Morgan fingerprint density at radius 1 is 1.14 bits per heavy atom. The molecule has 3 rings (SSSR count). The molecule has 0 radical (unpaired) electrons. The summed E-state index contributed by atoms with van der Waals surface area (Å²) in [5, 5.41) is 3.64. The molecule has 1 saturated heterocycles. The van der Waals surface area contributed by atoms with E-state index < -0.39 is 10.0 Å². The van der Waals surface area contributed by atoms with Crippen LogP contribution in [0.2, 0.25) is 0 Å². The fraction of sp³-hybridized carbons (Fsp3) is 0.450. The lowest BCUT2D eigenvalue weighted by atomic mass is 9.97. The van der Waals surface area contributed by atoms with Crippen LogP contribution in [0.15, 0.2) is 40.4 Å². The van der Waals surface area contributed by atoms with Crippen molar-refractivity contribution in [3.8, 4) is 0 Å². The minimum Gasteiger partial charge on any atom is -0.326 e. The third-order valence-corrected chi connectivity index (χ3v) is 7.63. The summed E-state index contributed by atoms with van der Waals surface area (Å²) in [4.78, 5) is 22.4. The van der Waals surface area contributed by atoms with Crippen molar-refractivity contribution >= 4 is 33.4 Å². The molecule has 1 aromatic heterocycles. The van der Waals surface area contributed by atoms with Crippen molar-refractivity contribution in [3.05, 3.63) is 41.7 Å². The first-order valence-electron chi connectivity index (χ1n) is 9.65. The van der Waals surface area contributed by atoms with Crippen molar-refractivity contribution < 1.29 is 13.2 Å². The fourth-order valence-corrected chi connectivity index (χ4v) is 5.27. The number of rotatable bonds is 6. The minimum atomic E-state index is -3.18. The molecule has 2 heterocycles. The number of hydrogen-bond acceptors (Lipinski definition) is 6. The molecule has 0 saturated carbocycles. The van der Waals surface area contributed by atoms with E-state index in [0.29, 0.717) is 31.1 Å². The van der Waals surface area contributed by atoms with E-state index in [1.54, 1.807) is 6.92 Å². The highest BCUT2D eigenvalue weighted by molar-refractivity contribution is 7.99. The van der Waals surface area contributed by atoms with Crippen molar-refractivity contribution in [2.24, 2.45) is 5.92 Å². The van der Waals surface area contributed by atoms with Gasteiger partial charge in [-0.25, -0.2) is 22.7 Å². The number of sulfonamides is 1. The predicted molar refractivity (Wildman–Crippen MR) is 114 cm³/mol. The molecule has 7 nitrogen and oxygen atoms in total.